The van der Waals surface area contributed by atoms with Crippen LogP contribution >= 0.6 is 0 Å². The highest BCUT2D eigenvalue weighted by molar-refractivity contribution is 5.85. The number of ether oxygens (including phenoxy) is 1. The van der Waals surface area contributed by atoms with Gasteiger partial charge in [0.05, 0.1) is 6.54 Å². The molecular formula is C16H21FN2O3. The summed E-state index contributed by atoms with van der Waals surface area (Å²) < 4.78 is 18.0. The largest absolute Gasteiger partial charge is 0.375 e. The molecule has 0 aliphatic carbocycles. The van der Waals surface area contributed by atoms with Gasteiger partial charge in [-0.05, 0) is 24.1 Å². The van der Waals surface area contributed by atoms with Crippen molar-refractivity contribution < 1.29 is 18.7 Å². The summed E-state index contributed by atoms with van der Waals surface area (Å²) in [6, 6.07) is 6.51. The first-order chi connectivity index (χ1) is 10.5. The predicted octanol–water partition coefficient (Wildman–Crippen LogP) is 1.25. The molecule has 5 nitrogen and oxygen atoms in total. The first-order valence-corrected chi connectivity index (χ1v) is 7.27. The number of hydrogen-bond donors (Lipinski definition) is 0. The van der Waals surface area contributed by atoms with Crippen LogP contribution in [0.4, 0.5) is 4.39 Å². The van der Waals surface area contributed by atoms with Gasteiger partial charge in [0, 0.05) is 33.2 Å². The fourth-order valence-corrected chi connectivity index (χ4v) is 2.64. The summed E-state index contributed by atoms with van der Waals surface area (Å²) in [5, 5.41) is 0. The van der Waals surface area contributed by atoms with Crippen LogP contribution in [-0.2, 0) is 14.3 Å². The van der Waals surface area contributed by atoms with Gasteiger partial charge in [-0.2, -0.15) is 0 Å². The molecule has 120 valence electrons. The van der Waals surface area contributed by atoms with E-state index in [1.165, 1.54) is 24.1 Å². The van der Waals surface area contributed by atoms with Gasteiger partial charge in [-0.25, -0.2) is 4.39 Å². The Labute approximate surface area is 129 Å². The monoisotopic (exact) mass is 308 g/mol. The zero-order valence-electron chi connectivity index (χ0n) is 12.9. The highest BCUT2D eigenvalue weighted by atomic mass is 19.1. The van der Waals surface area contributed by atoms with Crippen LogP contribution in [0.5, 0.6) is 0 Å². The van der Waals surface area contributed by atoms with E-state index in [9.17, 15) is 14.0 Å². The molecule has 1 aliphatic heterocycles. The third-order valence-corrected chi connectivity index (χ3v) is 3.93. The Balaban J connectivity index is 1.90. The fourth-order valence-electron chi connectivity index (χ4n) is 2.64. The Morgan fingerprint density at radius 3 is 2.91 bits per heavy atom. The molecule has 22 heavy (non-hydrogen) atoms. The summed E-state index contributed by atoms with van der Waals surface area (Å²) in [6.07, 6.45) is 0.810. The van der Waals surface area contributed by atoms with Gasteiger partial charge in [-0.1, -0.05) is 12.1 Å². The number of likely N-dealkylation sites (tertiary alicyclic amines) is 1. The molecule has 0 radical (unpaired) electrons. The third kappa shape index (κ3) is 4.04. The standard InChI is InChI=1S/C16H21FN2O3/c1-18(16(21)11-22-2)10-15(20)19-7-6-13(9-19)12-4-3-5-14(17)8-12/h3-5,8,13H,6-7,9-11H2,1-2H3. The van der Waals surface area contributed by atoms with Crippen LogP contribution in [0.15, 0.2) is 24.3 Å². The van der Waals surface area contributed by atoms with Gasteiger partial charge in [0.1, 0.15) is 12.4 Å². The Kier molecular flexibility index (Phi) is 5.49. The maximum absolute atomic E-state index is 13.3. The number of methoxy groups -OCH3 is 1. The molecule has 2 rings (SSSR count). The number of carbonyl (C=O) groups is 2. The highest BCUT2D eigenvalue weighted by Gasteiger charge is 2.28. The first-order valence-electron chi connectivity index (χ1n) is 7.27. The predicted molar refractivity (Wildman–Crippen MR) is 79.9 cm³/mol. The van der Waals surface area contributed by atoms with Crippen molar-refractivity contribution in [1.29, 1.82) is 0 Å². The van der Waals surface area contributed by atoms with Gasteiger partial charge in [0.25, 0.3) is 0 Å². The summed E-state index contributed by atoms with van der Waals surface area (Å²) in [5.74, 6) is -0.422. The second-order valence-electron chi connectivity index (χ2n) is 5.56. The average Bonchev–Trinajstić information content (AvgIpc) is 2.97. The van der Waals surface area contributed by atoms with E-state index in [2.05, 4.69) is 0 Å². The van der Waals surface area contributed by atoms with Crippen molar-refractivity contribution in [3.8, 4) is 0 Å². The number of nitrogens with zero attached hydrogens (tertiary/aromatic N) is 2. The number of likely N-dealkylation sites (N-methyl/N-ethyl adjacent to an activating group) is 1. The topological polar surface area (TPSA) is 49.9 Å². The molecule has 0 aromatic heterocycles. The fraction of sp³-hybridized carbons (Fsp3) is 0.500. The Morgan fingerprint density at radius 1 is 1.45 bits per heavy atom. The van der Waals surface area contributed by atoms with E-state index in [4.69, 9.17) is 4.74 Å². The summed E-state index contributed by atoms with van der Waals surface area (Å²) in [7, 11) is 3.02. The van der Waals surface area contributed by atoms with Crippen LogP contribution in [0.3, 0.4) is 0 Å². The molecule has 2 amide bonds. The quantitative estimate of drug-likeness (QED) is 0.822. The summed E-state index contributed by atoms with van der Waals surface area (Å²) >= 11 is 0. The second kappa shape index (κ2) is 7.35. The van der Waals surface area contributed by atoms with E-state index in [0.717, 1.165) is 12.0 Å². The highest BCUT2D eigenvalue weighted by Crippen LogP contribution is 2.27. The Hall–Kier alpha value is -1.95. The Morgan fingerprint density at radius 2 is 2.23 bits per heavy atom. The molecule has 0 N–H and O–H groups in total. The van der Waals surface area contributed by atoms with E-state index in [0.29, 0.717) is 13.1 Å². The average molecular weight is 308 g/mol. The SMILES string of the molecule is COCC(=O)N(C)CC(=O)N1CCC(c2cccc(F)c2)C1. The maximum Gasteiger partial charge on any atom is 0.248 e. The molecule has 0 spiro atoms. The molecule has 1 unspecified atom stereocenters. The van der Waals surface area contributed by atoms with Crippen LogP contribution in [0, 0.1) is 5.82 Å². The van der Waals surface area contributed by atoms with Crippen LogP contribution in [0.1, 0.15) is 17.9 Å². The van der Waals surface area contributed by atoms with E-state index in [-0.39, 0.29) is 36.7 Å². The summed E-state index contributed by atoms with van der Waals surface area (Å²) in [4.78, 5) is 26.9. The van der Waals surface area contributed by atoms with Gasteiger partial charge < -0.3 is 14.5 Å². The molecule has 1 aromatic carbocycles. The maximum atomic E-state index is 13.3. The molecule has 1 aliphatic rings. The van der Waals surface area contributed by atoms with Crippen molar-refractivity contribution in [3.63, 3.8) is 0 Å². The van der Waals surface area contributed by atoms with Gasteiger partial charge in [0.15, 0.2) is 0 Å². The lowest BCUT2D eigenvalue weighted by Crippen LogP contribution is -2.41. The van der Waals surface area contributed by atoms with Crippen LogP contribution in [0.2, 0.25) is 0 Å². The summed E-state index contributed by atoms with van der Waals surface area (Å²) in [5.41, 5.74) is 0.916. The zero-order valence-corrected chi connectivity index (χ0v) is 12.9. The smallest absolute Gasteiger partial charge is 0.248 e. The van der Waals surface area contributed by atoms with E-state index < -0.39 is 0 Å². The van der Waals surface area contributed by atoms with Crippen LogP contribution < -0.4 is 0 Å². The molecule has 1 saturated heterocycles. The zero-order chi connectivity index (χ0) is 16.1. The molecule has 0 saturated carbocycles. The lowest BCUT2D eigenvalue weighted by molar-refractivity contribution is -0.140. The van der Waals surface area contributed by atoms with E-state index in [1.807, 2.05) is 6.07 Å². The molecule has 1 heterocycles. The van der Waals surface area contributed by atoms with Crippen molar-refractivity contribution in [1.82, 2.24) is 9.80 Å². The van der Waals surface area contributed by atoms with Crippen LogP contribution in [0.25, 0.3) is 0 Å². The molecule has 0 bridgehead atoms. The van der Waals surface area contributed by atoms with Gasteiger partial charge in [-0.3, -0.25) is 9.59 Å². The number of rotatable bonds is 5. The third-order valence-electron chi connectivity index (χ3n) is 3.93. The second-order valence-corrected chi connectivity index (χ2v) is 5.56. The molecule has 1 atom stereocenters. The lowest BCUT2D eigenvalue weighted by Gasteiger charge is -2.21. The van der Waals surface area contributed by atoms with Crippen molar-refractivity contribution in [2.24, 2.45) is 0 Å². The van der Waals surface area contributed by atoms with Crippen molar-refractivity contribution in [2.45, 2.75) is 12.3 Å². The van der Waals surface area contributed by atoms with E-state index >= 15 is 0 Å². The normalized spacial score (nSPS) is 17.6. The molecular weight excluding hydrogens is 287 g/mol. The molecule has 6 heteroatoms. The number of amides is 2. The van der Waals surface area contributed by atoms with Crippen LogP contribution in [-0.4, -0.2) is 62.0 Å². The van der Waals surface area contributed by atoms with Gasteiger partial charge in [-0.15, -0.1) is 0 Å². The number of benzene rings is 1. The van der Waals surface area contributed by atoms with Crippen molar-refractivity contribution in [3.05, 3.63) is 35.6 Å². The Bertz CT molecular complexity index is 550. The number of hydrogen-bond acceptors (Lipinski definition) is 3. The first kappa shape index (κ1) is 16.4. The minimum absolute atomic E-state index is 0.0320. The molecule has 1 fully saturated rings. The number of carbonyl (C=O) groups excluding carboxylic acids is 2. The van der Waals surface area contributed by atoms with E-state index in [1.54, 1.807) is 18.0 Å². The summed E-state index contributed by atoms with van der Waals surface area (Å²) in [6.45, 7) is 1.20. The minimum atomic E-state index is -0.257. The lowest BCUT2D eigenvalue weighted by atomic mass is 9.98. The molecule has 1 aromatic rings. The number of halogens is 1. The van der Waals surface area contributed by atoms with Crippen molar-refractivity contribution >= 4 is 11.8 Å². The van der Waals surface area contributed by atoms with Crippen molar-refractivity contribution in [2.75, 3.05) is 40.4 Å². The van der Waals surface area contributed by atoms with Gasteiger partial charge in [0.2, 0.25) is 11.8 Å². The minimum Gasteiger partial charge on any atom is -0.375 e. The van der Waals surface area contributed by atoms with Gasteiger partial charge >= 0.3 is 0 Å².